The first-order valence-electron chi connectivity index (χ1n) is 10.9. The lowest BCUT2D eigenvalue weighted by molar-refractivity contribution is -0.140. The van der Waals surface area contributed by atoms with E-state index in [1.54, 1.807) is 73.3 Å². The topological polar surface area (TPSA) is 92.6 Å². The van der Waals surface area contributed by atoms with Crippen molar-refractivity contribution in [3.05, 3.63) is 95.6 Å². The number of hydrogen-bond donors (Lipinski definition) is 1. The zero-order valence-corrected chi connectivity index (χ0v) is 18.3. The summed E-state index contributed by atoms with van der Waals surface area (Å²) in [6.45, 7) is 2.84. The predicted molar refractivity (Wildman–Crippen MR) is 123 cm³/mol. The van der Waals surface area contributed by atoms with Crippen molar-refractivity contribution >= 4 is 17.4 Å². The lowest BCUT2D eigenvalue weighted by atomic mass is 9.96. The molecule has 1 aliphatic heterocycles. The number of amides is 1. The van der Waals surface area contributed by atoms with Gasteiger partial charge in [-0.2, -0.15) is 0 Å². The molecule has 1 aliphatic rings. The van der Waals surface area contributed by atoms with Gasteiger partial charge in [-0.15, -0.1) is 0 Å². The minimum atomic E-state index is -0.767. The fourth-order valence-corrected chi connectivity index (χ4v) is 3.84. The molecule has 1 unspecified atom stereocenters. The molecule has 1 amide bonds. The molecule has 0 radical (unpaired) electrons. The van der Waals surface area contributed by atoms with Crippen LogP contribution in [0, 0.1) is 0 Å². The van der Waals surface area contributed by atoms with Crippen molar-refractivity contribution in [2.24, 2.45) is 0 Å². The smallest absolute Gasteiger partial charge is 0.295 e. The van der Waals surface area contributed by atoms with Gasteiger partial charge in [0.1, 0.15) is 11.5 Å². The molecule has 0 saturated carbocycles. The molecule has 0 spiro atoms. The van der Waals surface area contributed by atoms with Crippen LogP contribution in [0.25, 0.3) is 5.76 Å². The molecule has 0 bridgehead atoms. The summed E-state index contributed by atoms with van der Waals surface area (Å²) in [5.74, 6) is -1.04. The van der Waals surface area contributed by atoms with Gasteiger partial charge in [0.25, 0.3) is 11.7 Å². The molecule has 4 rings (SSSR count). The standard InChI is InChI=1S/C26H25N3O4/c1-2-3-14-33-21-8-4-6-19(15-21)24(30)22-23(20-7-5-11-28-16-20)29(26(32)25(22)31)17-18-9-12-27-13-10-18/h4-13,15-16,23,30H,2-3,14,17H2,1H3/b24-22+. The summed E-state index contributed by atoms with van der Waals surface area (Å²) in [4.78, 5) is 35.8. The molecule has 168 valence electrons. The highest BCUT2D eigenvalue weighted by atomic mass is 16.5. The number of Topliss-reactive ketones (excluding diaryl/α,β-unsaturated/α-hetero) is 1. The summed E-state index contributed by atoms with van der Waals surface area (Å²) in [7, 11) is 0. The lowest BCUT2D eigenvalue weighted by Gasteiger charge is -2.25. The maximum Gasteiger partial charge on any atom is 0.295 e. The van der Waals surface area contributed by atoms with Gasteiger partial charge in [0.15, 0.2) is 0 Å². The molecule has 1 saturated heterocycles. The summed E-state index contributed by atoms with van der Waals surface area (Å²) in [6.07, 6.45) is 8.41. The normalized spacial score (nSPS) is 17.4. The average Bonchev–Trinajstić information content (AvgIpc) is 3.10. The SMILES string of the molecule is CCCCOc1cccc(/C(O)=C2\C(=O)C(=O)N(Cc3ccncc3)C2c2cccnc2)c1. The lowest BCUT2D eigenvalue weighted by Crippen LogP contribution is -2.29. The number of aliphatic hydroxyl groups excluding tert-OH is 1. The van der Waals surface area contributed by atoms with Crippen LogP contribution in [0.2, 0.25) is 0 Å². The molecule has 3 aromatic rings. The van der Waals surface area contributed by atoms with Crippen molar-refractivity contribution < 1.29 is 19.4 Å². The van der Waals surface area contributed by atoms with Crippen LogP contribution in [0.15, 0.2) is 78.9 Å². The van der Waals surface area contributed by atoms with E-state index in [0.29, 0.717) is 23.5 Å². The number of unbranched alkanes of at least 4 members (excludes halogenated alkanes) is 1. The highest BCUT2D eigenvalue weighted by Gasteiger charge is 2.46. The Morgan fingerprint density at radius 3 is 2.61 bits per heavy atom. The Morgan fingerprint density at radius 1 is 1.06 bits per heavy atom. The van der Waals surface area contributed by atoms with E-state index in [2.05, 4.69) is 16.9 Å². The molecule has 1 fully saturated rings. The first-order chi connectivity index (χ1) is 16.1. The Hall–Kier alpha value is -4.00. The maximum absolute atomic E-state index is 13.1. The molecule has 1 N–H and O–H groups in total. The molecule has 2 aromatic heterocycles. The van der Waals surface area contributed by atoms with Crippen LogP contribution < -0.4 is 4.74 Å². The average molecular weight is 444 g/mol. The summed E-state index contributed by atoms with van der Waals surface area (Å²) >= 11 is 0. The fraction of sp³-hybridized carbons (Fsp3) is 0.231. The molecule has 3 heterocycles. The molecule has 7 heteroatoms. The number of benzene rings is 1. The molecule has 33 heavy (non-hydrogen) atoms. The Balaban J connectivity index is 1.76. The second-order valence-electron chi connectivity index (χ2n) is 7.80. The highest BCUT2D eigenvalue weighted by molar-refractivity contribution is 6.46. The fourth-order valence-electron chi connectivity index (χ4n) is 3.84. The Bertz CT molecular complexity index is 1160. The number of hydrogen-bond acceptors (Lipinski definition) is 6. The van der Waals surface area contributed by atoms with Crippen LogP contribution in [-0.4, -0.2) is 38.3 Å². The van der Waals surface area contributed by atoms with Gasteiger partial charge in [0.05, 0.1) is 18.2 Å². The second-order valence-corrected chi connectivity index (χ2v) is 7.80. The van der Waals surface area contributed by atoms with Crippen LogP contribution in [-0.2, 0) is 16.1 Å². The second kappa shape index (κ2) is 10.1. The zero-order chi connectivity index (χ0) is 23.2. The van der Waals surface area contributed by atoms with E-state index in [0.717, 1.165) is 18.4 Å². The summed E-state index contributed by atoms with van der Waals surface area (Å²) in [6, 6.07) is 13.3. The molecule has 0 aliphatic carbocycles. The third kappa shape index (κ3) is 4.77. The predicted octanol–water partition coefficient (Wildman–Crippen LogP) is 4.28. The number of ether oxygens (including phenoxy) is 1. The minimum Gasteiger partial charge on any atom is -0.507 e. The van der Waals surface area contributed by atoms with Gasteiger partial charge in [-0.05, 0) is 47.9 Å². The summed E-state index contributed by atoms with van der Waals surface area (Å²) in [5.41, 5.74) is 1.92. The van der Waals surface area contributed by atoms with Crippen LogP contribution in [0.1, 0.15) is 42.5 Å². The number of nitrogens with zero attached hydrogens (tertiary/aromatic N) is 3. The molecule has 7 nitrogen and oxygen atoms in total. The van der Waals surface area contributed by atoms with Crippen molar-refractivity contribution in [2.75, 3.05) is 6.61 Å². The Morgan fingerprint density at radius 2 is 1.88 bits per heavy atom. The van der Waals surface area contributed by atoms with Crippen LogP contribution in [0.4, 0.5) is 0 Å². The molecule has 1 atom stereocenters. The van der Waals surface area contributed by atoms with Gasteiger partial charge >= 0.3 is 0 Å². The first kappa shape index (κ1) is 22.2. The molecular weight excluding hydrogens is 418 g/mol. The number of carbonyl (C=O) groups excluding carboxylic acids is 2. The van der Waals surface area contributed by atoms with Crippen molar-refractivity contribution in [3.63, 3.8) is 0 Å². The van der Waals surface area contributed by atoms with E-state index in [9.17, 15) is 14.7 Å². The van der Waals surface area contributed by atoms with E-state index >= 15 is 0 Å². The minimum absolute atomic E-state index is 0.0350. The number of aromatic nitrogens is 2. The van der Waals surface area contributed by atoms with Crippen LogP contribution in [0.5, 0.6) is 5.75 Å². The van der Waals surface area contributed by atoms with Crippen molar-refractivity contribution in [1.82, 2.24) is 14.9 Å². The van der Waals surface area contributed by atoms with Crippen molar-refractivity contribution in [1.29, 1.82) is 0 Å². The number of rotatable bonds is 8. The van der Waals surface area contributed by atoms with Gasteiger partial charge in [0.2, 0.25) is 0 Å². The van der Waals surface area contributed by atoms with Crippen LogP contribution in [0.3, 0.4) is 0 Å². The van der Waals surface area contributed by atoms with Crippen molar-refractivity contribution in [3.8, 4) is 5.75 Å². The number of pyridine rings is 2. The molecular formula is C26H25N3O4. The number of ketones is 1. The monoisotopic (exact) mass is 443 g/mol. The van der Waals surface area contributed by atoms with Gasteiger partial charge in [0, 0.05) is 36.9 Å². The third-order valence-corrected chi connectivity index (χ3v) is 5.52. The van der Waals surface area contributed by atoms with E-state index in [1.807, 2.05) is 0 Å². The number of likely N-dealkylation sites (tertiary alicyclic amines) is 1. The Labute approximate surface area is 192 Å². The maximum atomic E-state index is 13.1. The van der Waals surface area contributed by atoms with E-state index in [4.69, 9.17) is 4.74 Å². The third-order valence-electron chi connectivity index (χ3n) is 5.52. The summed E-state index contributed by atoms with van der Waals surface area (Å²) in [5, 5.41) is 11.2. The summed E-state index contributed by atoms with van der Waals surface area (Å²) < 4.78 is 5.75. The number of aliphatic hydroxyl groups is 1. The van der Waals surface area contributed by atoms with E-state index in [1.165, 1.54) is 4.90 Å². The largest absolute Gasteiger partial charge is 0.507 e. The van der Waals surface area contributed by atoms with Crippen LogP contribution >= 0.6 is 0 Å². The highest BCUT2D eigenvalue weighted by Crippen LogP contribution is 2.40. The zero-order valence-electron chi connectivity index (χ0n) is 18.3. The van der Waals surface area contributed by atoms with Gasteiger partial charge < -0.3 is 14.7 Å². The Kier molecular flexibility index (Phi) is 6.78. The quantitative estimate of drug-likeness (QED) is 0.242. The van der Waals surface area contributed by atoms with E-state index < -0.39 is 17.7 Å². The van der Waals surface area contributed by atoms with Crippen molar-refractivity contribution in [2.45, 2.75) is 32.4 Å². The van der Waals surface area contributed by atoms with Gasteiger partial charge in [-0.3, -0.25) is 19.6 Å². The van der Waals surface area contributed by atoms with Gasteiger partial charge in [-0.25, -0.2) is 0 Å². The number of carbonyl (C=O) groups is 2. The van der Waals surface area contributed by atoms with E-state index in [-0.39, 0.29) is 17.9 Å². The first-order valence-corrected chi connectivity index (χ1v) is 10.9. The molecule has 1 aromatic carbocycles. The van der Waals surface area contributed by atoms with Gasteiger partial charge in [-0.1, -0.05) is 31.5 Å².